The third-order valence-corrected chi connectivity index (χ3v) is 6.74. The molecule has 172 valence electrons. The van der Waals surface area contributed by atoms with Crippen LogP contribution in [0.15, 0.2) is 54.6 Å². The number of hydrogen-bond donors (Lipinski definition) is 1. The molecule has 4 rings (SSSR count). The lowest BCUT2D eigenvalue weighted by molar-refractivity contribution is -0.117. The van der Waals surface area contributed by atoms with E-state index in [0.717, 1.165) is 34.8 Å². The van der Waals surface area contributed by atoms with Gasteiger partial charge in [-0.1, -0.05) is 30.3 Å². The highest BCUT2D eigenvalue weighted by atomic mass is 32.1. The van der Waals surface area contributed by atoms with E-state index in [2.05, 4.69) is 15.1 Å². The van der Waals surface area contributed by atoms with Crippen molar-refractivity contribution in [2.75, 3.05) is 50.1 Å². The van der Waals surface area contributed by atoms with Gasteiger partial charge in [0, 0.05) is 42.3 Å². The zero-order valence-corrected chi connectivity index (χ0v) is 19.5. The Labute approximate surface area is 196 Å². The molecule has 6 nitrogen and oxygen atoms in total. The molecule has 0 unspecified atom stereocenters. The first-order valence-electron chi connectivity index (χ1n) is 10.8. The molecule has 1 fully saturated rings. The van der Waals surface area contributed by atoms with Gasteiger partial charge in [0.05, 0.1) is 13.7 Å². The van der Waals surface area contributed by atoms with Crippen molar-refractivity contribution in [2.45, 2.75) is 6.92 Å². The number of nitrogens with one attached hydrogen (secondary N) is 1. The van der Waals surface area contributed by atoms with Crippen LogP contribution < -0.4 is 10.2 Å². The van der Waals surface area contributed by atoms with Crippen molar-refractivity contribution < 1.29 is 18.7 Å². The monoisotopic (exact) mass is 467 g/mol. The third-order valence-electron chi connectivity index (χ3n) is 5.72. The fourth-order valence-electron chi connectivity index (χ4n) is 4.07. The largest absolute Gasteiger partial charge is 0.465 e. The minimum Gasteiger partial charge on any atom is -0.465 e. The van der Waals surface area contributed by atoms with Gasteiger partial charge < -0.3 is 15.0 Å². The van der Waals surface area contributed by atoms with Crippen molar-refractivity contribution in [1.82, 2.24) is 4.90 Å². The van der Waals surface area contributed by atoms with Crippen LogP contribution in [0, 0.1) is 12.7 Å². The highest BCUT2D eigenvalue weighted by molar-refractivity contribution is 7.17. The molecule has 1 amide bonds. The molecule has 1 saturated heterocycles. The summed E-state index contributed by atoms with van der Waals surface area (Å²) in [5.41, 5.74) is 3.06. The van der Waals surface area contributed by atoms with Crippen molar-refractivity contribution in [2.24, 2.45) is 0 Å². The molecule has 1 aliphatic heterocycles. The Kier molecular flexibility index (Phi) is 7.05. The van der Waals surface area contributed by atoms with Crippen LogP contribution in [0.5, 0.6) is 0 Å². The highest BCUT2D eigenvalue weighted by Gasteiger charge is 2.26. The third kappa shape index (κ3) is 5.23. The summed E-state index contributed by atoms with van der Waals surface area (Å²) in [5.74, 6) is -0.891. The summed E-state index contributed by atoms with van der Waals surface area (Å²) < 4.78 is 18.2. The van der Waals surface area contributed by atoms with E-state index in [1.807, 2.05) is 37.3 Å². The minimum absolute atomic E-state index is 0.170. The molecule has 1 N–H and O–H groups in total. The molecule has 33 heavy (non-hydrogen) atoms. The van der Waals surface area contributed by atoms with E-state index in [1.54, 1.807) is 12.1 Å². The molecule has 0 saturated carbocycles. The zero-order chi connectivity index (χ0) is 23.4. The van der Waals surface area contributed by atoms with Crippen molar-refractivity contribution >= 4 is 33.9 Å². The fourth-order valence-corrected chi connectivity index (χ4v) is 5.15. The summed E-state index contributed by atoms with van der Waals surface area (Å²) in [4.78, 5) is 30.6. The Balaban J connectivity index is 1.43. The second-order valence-corrected chi connectivity index (χ2v) is 9.11. The summed E-state index contributed by atoms with van der Waals surface area (Å²) in [6.45, 7) is 5.10. The van der Waals surface area contributed by atoms with Crippen LogP contribution in [0.1, 0.15) is 15.2 Å². The first-order chi connectivity index (χ1) is 16.0. The average Bonchev–Trinajstić information content (AvgIpc) is 3.15. The van der Waals surface area contributed by atoms with Crippen molar-refractivity contribution in [3.63, 3.8) is 0 Å². The van der Waals surface area contributed by atoms with E-state index in [0.29, 0.717) is 23.7 Å². The molecule has 2 aromatic carbocycles. The molecule has 0 radical (unpaired) electrons. The maximum absolute atomic E-state index is 13.2. The van der Waals surface area contributed by atoms with Gasteiger partial charge in [-0.25, -0.2) is 9.18 Å². The number of rotatable bonds is 6. The maximum atomic E-state index is 13.2. The standard InChI is InChI=1S/C25H26FN3O3S/c1-17-22(18-6-4-3-5-7-18)23(25(31)32-2)24(33-17)27-21(30)16-28-12-14-29(15-13-28)20-10-8-19(26)9-11-20/h3-11H,12-16H2,1-2H3,(H,27,30). The summed E-state index contributed by atoms with van der Waals surface area (Å²) in [7, 11) is 1.34. The lowest BCUT2D eigenvalue weighted by Gasteiger charge is -2.35. The maximum Gasteiger partial charge on any atom is 0.341 e. The van der Waals surface area contributed by atoms with Gasteiger partial charge in [0.25, 0.3) is 0 Å². The summed E-state index contributed by atoms with van der Waals surface area (Å²) in [6.07, 6.45) is 0. The molecule has 0 spiro atoms. The van der Waals surface area contributed by atoms with Crippen LogP contribution >= 0.6 is 11.3 Å². The van der Waals surface area contributed by atoms with Gasteiger partial charge in [0.1, 0.15) is 16.4 Å². The van der Waals surface area contributed by atoms with Gasteiger partial charge in [-0.3, -0.25) is 9.69 Å². The van der Waals surface area contributed by atoms with Crippen molar-refractivity contribution in [3.8, 4) is 11.1 Å². The molecule has 1 aromatic heterocycles. The summed E-state index contributed by atoms with van der Waals surface area (Å²) in [5, 5.41) is 3.44. The Morgan fingerprint density at radius 1 is 1.03 bits per heavy atom. The first kappa shape index (κ1) is 22.9. The molecule has 8 heteroatoms. The van der Waals surface area contributed by atoms with Crippen molar-refractivity contribution in [3.05, 3.63) is 70.9 Å². The van der Waals surface area contributed by atoms with Crippen LogP contribution in [-0.4, -0.2) is 56.6 Å². The number of nitrogens with zero attached hydrogens (tertiary/aromatic N) is 2. The van der Waals surface area contributed by atoms with E-state index in [-0.39, 0.29) is 18.3 Å². The van der Waals surface area contributed by atoms with Gasteiger partial charge in [-0.15, -0.1) is 11.3 Å². The Morgan fingerprint density at radius 3 is 2.33 bits per heavy atom. The Hall–Kier alpha value is -3.23. The Morgan fingerprint density at radius 2 is 1.70 bits per heavy atom. The molecule has 2 heterocycles. The number of halogens is 1. The number of amides is 1. The van der Waals surface area contributed by atoms with Crippen LogP contribution in [0.4, 0.5) is 15.1 Å². The average molecular weight is 468 g/mol. The molecule has 0 aliphatic carbocycles. The van der Waals surface area contributed by atoms with E-state index in [4.69, 9.17) is 4.74 Å². The summed E-state index contributed by atoms with van der Waals surface area (Å²) in [6, 6.07) is 16.1. The highest BCUT2D eigenvalue weighted by Crippen LogP contribution is 2.40. The molecule has 0 bridgehead atoms. The van der Waals surface area contributed by atoms with Gasteiger partial charge in [0.15, 0.2) is 0 Å². The first-order valence-corrected chi connectivity index (χ1v) is 11.6. The van der Waals surface area contributed by atoms with E-state index in [1.165, 1.54) is 30.6 Å². The lowest BCUT2D eigenvalue weighted by atomic mass is 10.0. The number of anilines is 2. The van der Waals surface area contributed by atoms with E-state index < -0.39 is 5.97 Å². The second kappa shape index (κ2) is 10.1. The number of carbonyl (C=O) groups is 2. The Bertz CT molecular complexity index is 1120. The second-order valence-electron chi connectivity index (χ2n) is 7.88. The number of thiophene rings is 1. The van der Waals surface area contributed by atoms with Gasteiger partial charge in [0.2, 0.25) is 5.91 Å². The van der Waals surface area contributed by atoms with Crippen LogP contribution in [-0.2, 0) is 9.53 Å². The molecule has 0 atom stereocenters. The predicted molar refractivity (Wildman–Crippen MR) is 130 cm³/mol. The lowest BCUT2D eigenvalue weighted by Crippen LogP contribution is -2.48. The number of benzene rings is 2. The number of piperazine rings is 1. The van der Waals surface area contributed by atoms with Gasteiger partial charge in [-0.05, 0) is 36.8 Å². The SMILES string of the molecule is COC(=O)c1c(NC(=O)CN2CCN(c3ccc(F)cc3)CC2)sc(C)c1-c1ccccc1. The van der Waals surface area contributed by atoms with Crippen LogP contribution in [0.2, 0.25) is 0 Å². The van der Waals surface area contributed by atoms with Crippen LogP contribution in [0.3, 0.4) is 0 Å². The number of aryl methyl sites for hydroxylation is 1. The van der Waals surface area contributed by atoms with E-state index >= 15 is 0 Å². The predicted octanol–water partition coefficient (Wildman–Crippen LogP) is 4.41. The quantitative estimate of drug-likeness (QED) is 0.544. The number of ether oxygens (including phenoxy) is 1. The van der Waals surface area contributed by atoms with Gasteiger partial charge in [-0.2, -0.15) is 0 Å². The smallest absolute Gasteiger partial charge is 0.341 e. The summed E-state index contributed by atoms with van der Waals surface area (Å²) >= 11 is 1.38. The molecule has 3 aromatic rings. The van der Waals surface area contributed by atoms with Crippen molar-refractivity contribution in [1.29, 1.82) is 0 Å². The van der Waals surface area contributed by atoms with E-state index in [9.17, 15) is 14.0 Å². The van der Waals surface area contributed by atoms with Gasteiger partial charge >= 0.3 is 5.97 Å². The number of carbonyl (C=O) groups excluding carboxylic acids is 2. The fraction of sp³-hybridized carbons (Fsp3) is 0.280. The minimum atomic E-state index is -0.471. The number of esters is 1. The molecular formula is C25H26FN3O3S. The zero-order valence-electron chi connectivity index (χ0n) is 18.6. The normalized spacial score (nSPS) is 14.2. The molecular weight excluding hydrogens is 441 g/mol. The van der Waals surface area contributed by atoms with Crippen LogP contribution in [0.25, 0.3) is 11.1 Å². The number of methoxy groups -OCH3 is 1. The topological polar surface area (TPSA) is 61.9 Å². The number of hydrogen-bond acceptors (Lipinski definition) is 6. The molecule has 1 aliphatic rings.